The van der Waals surface area contributed by atoms with Crippen LogP contribution >= 0.6 is 0 Å². The Balaban J connectivity index is 1.82. The van der Waals surface area contributed by atoms with Gasteiger partial charge in [-0.2, -0.15) is 0 Å². The Morgan fingerprint density at radius 1 is 1.03 bits per heavy atom. The van der Waals surface area contributed by atoms with Crippen LogP contribution in [0.25, 0.3) is 0 Å². The first-order valence-electron chi connectivity index (χ1n) is 13.2. The monoisotopic (exact) mass is 540 g/mol. The molecule has 8 heteroatoms. The Bertz CT molecular complexity index is 1190. The largest absolute Gasteiger partial charge is 0.486 e. The van der Waals surface area contributed by atoms with Crippen molar-refractivity contribution in [3.63, 3.8) is 0 Å². The predicted octanol–water partition coefficient (Wildman–Crippen LogP) is 6.36. The molecular formula is C30H44N2O5Si. The molecule has 2 aromatic rings. The van der Waals surface area contributed by atoms with E-state index < -0.39 is 13.9 Å². The van der Waals surface area contributed by atoms with Gasteiger partial charge in [-0.05, 0) is 83.9 Å². The number of fused-ring (bicyclic) bond motifs is 1. The second kappa shape index (κ2) is 10.7. The highest BCUT2D eigenvalue weighted by atomic mass is 28.4. The average Bonchev–Trinajstić information content (AvgIpc) is 2.79. The van der Waals surface area contributed by atoms with Crippen LogP contribution in [0.15, 0.2) is 30.3 Å². The molecule has 2 amide bonds. The number of nitrogens with one attached hydrogen (secondary N) is 1. The summed E-state index contributed by atoms with van der Waals surface area (Å²) < 4.78 is 18.6. The van der Waals surface area contributed by atoms with E-state index in [0.29, 0.717) is 41.4 Å². The van der Waals surface area contributed by atoms with Gasteiger partial charge in [-0.25, -0.2) is 5.01 Å². The summed E-state index contributed by atoms with van der Waals surface area (Å²) in [7, 11) is -1.94. The number of ether oxygens (including phenoxy) is 2. The van der Waals surface area contributed by atoms with Crippen LogP contribution in [0.5, 0.6) is 11.5 Å². The fourth-order valence-corrected chi connectivity index (χ4v) is 5.10. The number of carbonyl (C=O) groups is 2. The minimum Gasteiger partial charge on any atom is -0.486 e. The summed E-state index contributed by atoms with van der Waals surface area (Å²) >= 11 is 0. The van der Waals surface area contributed by atoms with Gasteiger partial charge < -0.3 is 13.9 Å². The number of rotatable bonds is 5. The molecule has 1 aliphatic rings. The maximum atomic E-state index is 13.5. The second-order valence-electron chi connectivity index (χ2n) is 12.8. The second-order valence-corrected chi connectivity index (χ2v) is 17.6. The molecule has 0 radical (unpaired) electrons. The first kappa shape index (κ1) is 29.7. The van der Waals surface area contributed by atoms with Crippen molar-refractivity contribution in [2.45, 2.75) is 92.1 Å². The lowest BCUT2D eigenvalue weighted by atomic mass is 10.0. The van der Waals surface area contributed by atoms with Crippen LogP contribution in [0.2, 0.25) is 18.1 Å². The molecule has 2 aromatic carbocycles. The van der Waals surface area contributed by atoms with E-state index >= 15 is 0 Å². The molecule has 0 aliphatic carbocycles. The van der Waals surface area contributed by atoms with Gasteiger partial charge in [0.2, 0.25) is 0 Å². The van der Waals surface area contributed by atoms with Crippen LogP contribution in [0.1, 0.15) is 78.9 Å². The molecule has 3 rings (SSSR count). The molecule has 1 atom stereocenters. The highest BCUT2D eigenvalue weighted by molar-refractivity contribution is 6.74. The average molecular weight is 541 g/mol. The highest BCUT2D eigenvalue weighted by Crippen LogP contribution is 2.39. The van der Waals surface area contributed by atoms with Crippen LogP contribution in [0, 0.1) is 20.8 Å². The number of aryl methyl sites for hydroxylation is 2. The number of hydrogen-bond acceptors (Lipinski definition) is 5. The van der Waals surface area contributed by atoms with Crippen molar-refractivity contribution in [1.29, 1.82) is 0 Å². The standard InChI is InChI=1S/C30H44N2O5Si/c1-19-14-20(2)16-22(15-19)28(34)32(29(4,5)6)31-27(33)24-12-13-25-26(21(24)3)37-23(17-35-25)18-36-38(10,11)30(7,8)9/h12-16,23H,17-18H2,1-11H3,(H,31,33). The molecule has 0 fully saturated rings. The van der Waals surface area contributed by atoms with E-state index in [0.717, 1.165) is 11.1 Å². The van der Waals surface area contributed by atoms with Crippen molar-refractivity contribution in [3.8, 4) is 11.5 Å². The summed E-state index contributed by atoms with van der Waals surface area (Å²) in [4.78, 5) is 27.0. The van der Waals surface area contributed by atoms with E-state index in [1.54, 1.807) is 12.1 Å². The summed E-state index contributed by atoms with van der Waals surface area (Å²) in [5.74, 6) is 0.481. The van der Waals surface area contributed by atoms with Crippen molar-refractivity contribution in [2.75, 3.05) is 13.2 Å². The number of hydrazine groups is 1. The third kappa shape index (κ3) is 6.59. The van der Waals surface area contributed by atoms with Crippen molar-refractivity contribution in [2.24, 2.45) is 0 Å². The summed E-state index contributed by atoms with van der Waals surface area (Å²) in [6.07, 6.45) is -0.272. The van der Waals surface area contributed by atoms with E-state index in [2.05, 4.69) is 39.3 Å². The summed E-state index contributed by atoms with van der Waals surface area (Å²) in [6.45, 7) is 23.2. The molecule has 38 heavy (non-hydrogen) atoms. The Morgan fingerprint density at radius 3 is 2.18 bits per heavy atom. The minimum atomic E-state index is -1.94. The first-order chi connectivity index (χ1) is 17.4. The number of benzene rings is 2. The van der Waals surface area contributed by atoms with Crippen LogP contribution in [-0.2, 0) is 4.43 Å². The molecule has 208 valence electrons. The van der Waals surface area contributed by atoms with Gasteiger partial charge in [0.1, 0.15) is 6.61 Å². The maximum Gasteiger partial charge on any atom is 0.272 e. The van der Waals surface area contributed by atoms with E-state index in [1.807, 2.05) is 59.7 Å². The van der Waals surface area contributed by atoms with Gasteiger partial charge in [0.05, 0.1) is 12.1 Å². The SMILES string of the molecule is Cc1cc(C)cc(C(=O)N(NC(=O)c2ccc3c(c2C)OC(CO[Si](C)(C)C(C)(C)C)CO3)C(C)(C)C)c1. The molecule has 1 heterocycles. The fourth-order valence-electron chi connectivity index (χ4n) is 4.07. The molecule has 0 saturated carbocycles. The lowest BCUT2D eigenvalue weighted by molar-refractivity contribution is 0.0355. The normalized spacial score (nSPS) is 15.7. The van der Waals surface area contributed by atoms with Gasteiger partial charge in [0.15, 0.2) is 25.9 Å². The third-order valence-corrected chi connectivity index (χ3v) is 11.8. The Morgan fingerprint density at radius 2 is 1.63 bits per heavy atom. The molecule has 7 nitrogen and oxygen atoms in total. The van der Waals surface area contributed by atoms with Gasteiger partial charge in [-0.1, -0.05) is 38.0 Å². The molecule has 1 N–H and O–H groups in total. The van der Waals surface area contributed by atoms with E-state index in [9.17, 15) is 9.59 Å². The van der Waals surface area contributed by atoms with Gasteiger partial charge in [0, 0.05) is 16.7 Å². The summed E-state index contributed by atoms with van der Waals surface area (Å²) in [6, 6.07) is 9.14. The van der Waals surface area contributed by atoms with Gasteiger partial charge >= 0.3 is 0 Å². The lowest BCUT2D eigenvalue weighted by Gasteiger charge is -2.38. The lowest BCUT2D eigenvalue weighted by Crippen LogP contribution is -2.56. The highest BCUT2D eigenvalue weighted by Gasteiger charge is 2.38. The molecule has 0 spiro atoms. The number of hydrogen-bond donors (Lipinski definition) is 1. The van der Waals surface area contributed by atoms with E-state index in [4.69, 9.17) is 13.9 Å². The van der Waals surface area contributed by atoms with Crippen LogP contribution in [-0.4, -0.2) is 50.0 Å². The molecular weight excluding hydrogens is 496 g/mol. The molecule has 0 aromatic heterocycles. The van der Waals surface area contributed by atoms with Crippen molar-refractivity contribution < 1.29 is 23.5 Å². The summed E-state index contributed by atoms with van der Waals surface area (Å²) in [5, 5.41) is 1.49. The number of nitrogens with zero attached hydrogens (tertiary/aromatic N) is 1. The maximum absolute atomic E-state index is 13.5. The van der Waals surface area contributed by atoms with E-state index in [1.165, 1.54) is 5.01 Å². The zero-order valence-corrected chi connectivity index (χ0v) is 25.9. The Hall–Kier alpha value is -2.84. The molecule has 1 aliphatic heterocycles. The zero-order valence-electron chi connectivity index (χ0n) is 24.9. The Kier molecular flexibility index (Phi) is 8.39. The Labute approximate surface area is 228 Å². The van der Waals surface area contributed by atoms with Gasteiger partial charge in [-0.15, -0.1) is 0 Å². The van der Waals surface area contributed by atoms with E-state index in [-0.39, 0.29) is 23.0 Å². The fraction of sp³-hybridized carbons (Fsp3) is 0.533. The molecule has 0 bridgehead atoms. The van der Waals surface area contributed by atoms with Crippen molar-refractivity contribution in [1.82, 2.24) is 10.4 Å². The van der Waals surface area contributed by atoms with Crippen LogP contribution in [0.4, 0.5) is 0 Å². The van der Waals surface area contributed by atoms with Crippen molar-refractivity contribution in [3.05, 3.63) is 58.1 Å². The summed E-state index contributed by atoms with van der Waals surface area (Å²) in [5.41, 5.74) is 5.79. The van der Waals surface area contributed by atoms with Crippen LogP contribution < -0.4 is 14.9 Å². The quantitative estimate of drug-likeness (QED) is 0.353. The predicted molar refractivity (Wildman–Crippen MR) is 154 cm³/mol. The number of amides is 2. The zero-order chi connectivity index (χ0) is 28.6. The van der Waals surface area contributed by atoms with Crippen molar-refractivity contribution >= 4 is 20.1 Å². The number of carbonyl (C=O) groups excluding carboxylic acids is 2. The first-order valence-corrected chi connectivity index (χ1v) is 16.1. The smallest absolute Gasteiger partial charge is 0.272 e. The van der Waals surface area contributed by atoms with Gasteiger partial charge in [0.25, 0.3) is 11.8 Å². The van der Waals surface area contributed by atoms with Crippen LogP contribution in [0.3, 0.4) is 0 Å². The molecule has 0 saturated heterocycles. The molecule has 1 unspecified atom stereocenters. The minimum absolute atomic E-state index is 0.0924. The third-order valence-electron chi connectivity index (χ3n) is 7.32. The topological polar surface area (TPSA) is 77.1 Å². The van der Waals surface area contributed by atoms with Gasteiger partial charge in [-0.3, -0.25) is 15.0 Å².